The van der Waals surface area contributed by atoms with E-state index >= 15 is 0 Å². The number of carbonyl (C=O) groups is 1. The number of likely N-dealkylation sites (tertiary alicyclic amines) is 1. The summed E-state index contributed by atoms with van der Waals surface area (Å²) in [6.45, 7) is 4.38. The first-order chi connectivity index (χ1) is 11.8. The van der Waals surface area contributed by atoms with Gasteiger partial charge in [0.1, 0.15) is 0 Å². The maximum absolute atomic E-state index is 12.3. The fourth-order valence-corrected chi connectivity index (χ4v) is 3.76. The molecule has 2 aliphatic heterocycles. The largest absolute Gasteiger partial charge is 0.377 e. The molecule has 1 aromatic rings. The fourth-order valence-electron chi connectivity index (χ4n) is 3.76. The molecular weight excluding hydrogens is 300 g/mol. The van der Waals surface area contributed by atoms with Crippen molar-refractivity contribution in [2.75, 3.05) is 32.8 Å². The lowest BCUT2D eigenvalue weighted by molar-refractivity contribution is -0.132. The van der Waals surface area contributed by atoms with Crippen molar-refractivity contribution >= 4 is 5.91 Å². The fraction of sp³-hybridized carbons (Fsp3) is 0.650. The summed E-state index contributed by atoms with van der Waals surface area (Å²) in [6, 6.07) is 10.7. The van der Waals surface area contributed by atoms with E-state index in [1.165, 1.54) is 12.0 Å². The lowest BCUT2D eigenvalue weighted by Gasteiger charge is -2.32. The molecule has 4 nitrogen and oxygen atoms in total. The molecular formula is C20H30N2O2. The minimum absolute atomic E-state index is 0.299. The van der Waals surface area contributed by atoms with Crippen LogP contribution in [0.25, 0.3) is 0 Å². The zero-order valence-corrected chi connectivity index (χ0v) is 14.6. The first-order valence-corrected chi connectivity index (χ1v) is 9.45. The number of nitrogens with one attached hydrogen (secondary N) is 1. The molecule has 0 bridgehead atoms. The van der Waals surface area contributed by atoms with Crippen molar-refractivity contribution in [1.82, 2.24) is 10.2 Å². The number of ether oxygens (including phenoxy) is 1. The number of hydrogen-bond donors (Lipinski definition) is 1. The lowest BCUT2D eigenvalue weighted by atomic mass is 9.90. The van der Waals surface area contributed by atoms with E-state index in [2.05, 4.69) is 40.5 Å². The van der Waals surface area contributed by atoms with Gasteiger partial charge in [-0.2, -0.15) is 0 Å². The zero-order chi connectivity index (χ0) is 16.6. The van der Waals surface area contributed by atoms with Gasteiger partial charge in [0, 0.05) is 39.2 Å². The van der Waals surface area contributed by atoms with Crippen LogP contribution in [-0.2, 0) is 16.0 Å². The molecule has 2 aliphatic rings. The molecule has 1 amide bonds. The number of nitrogens with zero attached hydrogens (tertiary/aromatic N) is 1. The number of benzene rings is 1. The highest BCUT2D eigenvalue weighted by atomic mass is 16.5. The Kier molecular flexibility index (Phi) is 6.67. The average molecular weight is 330 g/mol. The van der Waals surface area contributed by atoms with Crippen molar-refractivity contribution < 1.29 is 9.53 Å². The van der Waals surface area contributed by atoms with E-state index in [9.17, 15) is 4.79 Å². The highest BCUT2D eigenvalue weighted by Crippen LogP contribution is 2.22. The predicted molar refractivity (Wildman–Crippen MR) is 95.9 cm³/mol. The molecule has 0 aliphatic carbocycles. The van der Waals surface area contributed by atoms with Gasteiger partial charge < -0.3 is 15.0 Å². The molecule has 2 saturated heterocycles. The molecule has 4 heteroatoms. The first-order valence-electron chi connectivity index (χ1n) is 9.45. The van der Waals surface area contributed by atoms with Crippen LogP contribution >= 0.6 is 0 Å². The minimum atomic E-state index is 0.299. The third-order valence-electron chi connectivity index (χ3n) is 5.25. The third-order valence-corrected chi connectivity index (χ3v) is 5.25. The summed E-state index contributed by atoms with van der Waals surface area (Å²) in [5, 5.41) is 3.37. The van der Waals surface area contributed by atoms with Gasteiger partial charge in [0.15, 0.2) is 0 Å². The Morgan fingerprint density at radius 2 is 1.96 bits per heavy atom. The van der Waals surface area contributed by atoms with E-state index in [-0.39, 0.29) is 0 Å². The van der Waals surface area contributed by atoms with Crippen molar-refractivity contribution in [2.45, 2.75) is 44.6 Å². The quantitative estimate of drug-likeness (QED) is 0.782. The van der Waals surface area contributed by atoms with Crippen molar-refractivity contribution in [1.29, 1.82) is 0 Å². The molecule has 0 radical (unpaired) electrons. The number of piperidine rings is 1. The van der Waals surface area contributed by atoms with Gasteiger partial charge in [-0.15, -0.1) is 0 Å². The Morgan fingerprint density at radius 1 is 1.17 bits per heavy atom. The van der Waals surface area contributed by atoms with Gasteiger partial charge in [0.2, 0.25) is 5.91 Å². The van der Waals surface area contributed by atoms with Crippen LogP contribution in [0.1, 0.15) is 37.7 Å². The lowest BCUT2D eigenvalue weighted by Crippen LogP contribution is -2.40. The van der Waals surface area contributed by atoms with Crippen LogP contribution < -0.4 is 5.32 Å². The summed E-state index contributed by atoms with van der Waals surface area (Å²) < 4.78 is 5.58. The standard InChI is InChI=1S/C20H30N2O2/c23-20(8-11-21-16-19-7-4-14-24-19)22-12-9-18(10-13-22)15-17-5-2-1-3-6-17/h1-3,5-6,18-19,21H,4,7-16H2. The van der Waals surface area contributed by atoms with E-state index in [0.29, 0.717) is 24.3 Å². The average Bonchev–Trinajstić information content (AvgIpc) is 3.13. The zero-order valence-electron chi connectivity index (χ0n) is 14.6. The van der Waals surface area contributed by atoms with E-state index in [1.54, 1.807) is 0 Å². The molecule has 1 atom stereocenters. The van der Waals surface area contributed by atoms with Crippen LogP contribution in [0.15, 0.2) is 30.3 Å². The first kappa shape index (κ1) is 17.4. The summed E-state index contributed by atoms with van der Waals surface area (Å²) in [7, 11) is 0. The van der Waals surface area contributed by atoms with Gasteiger partial charge in [-0.3, -0.25) is 4.79 Å². The third kappa shape index (κ3) is 5.32. The second-order valence-corrected chi connectivity index (χ2v) is 7.10. The van der Waals surface area contributed by atoms with Gasteiger partial charge in [-0.05, 0) is 43.6 Å². The van der Waals surface area contributed by atoms with Crippen molar-refractivity contribution in [3.8, 4) is 0 Å². The molecule has 3 rings (SSSR count). The smallest absolute Gasteiger partial charge is 0.223 e. The normalized spacial score (nSPS) is 22.0. The molecule has 1 aromatic carbocycles. The number of carbonyl (C=O) groups excluding carboxylic acids is 1. The summed E-state index contributed by atoms with van der Waals surface area (Å²) >= 11 is 0. The maximum Gasteiger partial charge on any atom is 0.223 e. The maximum atomic E-state index is 12.3. The second-order valence-electron chi connectivity index (χ2n) is 7.10. The highest BCUT2D eigenvalue weighted by molar-refractivity contribution is 5.76. The molecule has 24 heavy (non-hydrogen) atoms. The van der Waals surface area contributed by atoms with E-state index < -0.39 is 0 Å². The topological polar surface area (TPSA) is 41.6 Å². The Labute approximate surface area is 145 Å². The van der Waals surface area contributed by atoms with Crippen molar-refractivity contribution in [2.24, 2.45) is 5.92 Å². The SMILES string of the molecule is O=C(CCNCC1CCCO1)N1CCC(Cc2ccccc2)CC1. The Morgan fingerprint density at radius 3 is 2.67 bits per heavy atom. The molecule has 1 unspecified atom stereocenters. The van der Waals surface area contributed by atoms with Gasteiger partial charge in [-0.25, -0.2) is 0 Å². The van der Waals surface area contributed by atoms with Crippen LogP contribution in [-0.4, -0.2) is 49.7 Å². The summed E-state index contributed by atoms with van der Waals surface area (Å²) in [6.07, 6.45) is 6.68. The molecule has 132 valence electrons. The van der Waals surface area contributed by atoms with Crippen LogP contribution in [0.5, 0.6) is 0 Å². The van der Waals surface area contributed by atoms with Gasteiger partial charge >= 0.3 is 0 Å². The summed E-state index contributed by atoms with van der Waals surface area (Å²) in [5.74, 6) is 1.02. The van der Waals surface area contributed by atoms with Gasteiger partial charge in [0.25, 0.3) is 0 Å². The van der Waals surface area contributed by atoms with Gasteiger partial charge in [0.05, 0.1) is 6.10 Å². The Hall–Kier alpha value is -1.39. The van der Waals surface area contributed by atoms with Crippen molar-refractivity contribution in [3.63, 3.8) is 0 Å². The minimum Gasteiger partial charge on any atom is -0.377 e. The molecule has 2 fully saturated rings. The molecule has 0 spiro atoms. The number of hydrogen-bond acceptors (Lipinski definition) is 3. The van der Waals surface area contributed by atoms with E-state index in [0.717, 1.165) is 58.5 Å². The molecule has 2 heterocycles. The molecule has 1 N–H and O–H groups in total. The van der Waals surface area contributed by atoms with Crippen molar-refractivity contribution in [3.05, 3.63) is 35.9 Å². The van der Waals surface area contributed by atoms with Crippen LogP contribution in [0.3, 0.4) is 0 Å². The number of amides is 1. The second kappa shape index (κ2) is 9.19. The predicted octanol–water partition coefficient (Wildman–Crippen LogP) is 2.63. The van der Waals surface area contributed by atoms with Gasteiger partial charge in [-0.1, -0.05) is 30.3 Å². The van der Waals surface area contributed by atoms with Crippen LogP contribution in [0.2, 0.25) is 0 Å². The Balaban J connectivity index is 1.30. The monoisotopic (exact) mass is 330 g/mol. The molecule has 0 aromatic heterocycles. The van der Waals surface area contributed by atoms with Crippen LogP contribution in [0, 0.1) is 5.92 Å². The Bertz CT molecular complexity index is 492. The summed E-state index contributed by atoms with van der Waals surface area (Å²) in [4.78, 5) is 14.4. The van der Waals surface area contributed by atoms with Crippen LogP contribution in [0.4, 0.5) is 0 Å². The van der Waals surface area contributed by atoms with E-state index in [1.807, 2.05) is 0 Å². The number of rotatable bonds is 7. The summed E-state index contributed by atoms with van der Waals surface area (Å²) in [5.41, 5.74) is 1.42. The molecule has 0 saturated carbocycles. The highest BCUT2D eigenvalue weighted by Gasteiger charge is 2.22. The van der Waals surface area contributed by atoms with E-state index in [4.69, 9.17) is 4.74 Å².